The van der Waals surface area contributed by atoms with E-state index in [1.807, 2.05) is 36.4 Å². The molecule has 1 amide bonds. The number of alkyl carbamates (subject to hydrolysis) is 1. The zero-order chi connectivity index (χ0) is 22.1. The van der Waals surface area contributed by atoms with Crippen molar-refractivity contribution in [1.29, 1.82) is 0 Å². The van der Waals surface area contributed by atoms with Gasteiger partial charge in [-0.1, -0.05) is 48.5 Å². The van der Waals surface area contributed by atoms with Crippen LogP contribution in [0.4, 0.5) is 4.79 Å². The number of nitrogens with one attached hydrogen (secondary N) is 1. The predicted molar refractivity (Wildman–Crippen MR) is 117 cm³/mol. The number of aliphatic hydroxyl groups is 2. The van der Waals surface area contributed by atoms with Crippen molar-refractivity contribution in [3.63, 3.8) is 0 Å². The number of nitrogens with zero attached hydrogens (tertiary/aromatic N) is 3. The fourth-order valence-electron chi connectivity index (χ4n) is 4.23. The number of ether oxygens (including phenoxy) is 1. The second kappa shape index (κ2) is 8.41. The van der Waals surface area contributed by atoms with E-state index in [0.29, 0.717) is 11.3 Å². The third-order valence-electron chi connectivity index (χ3n) is 5.81. The van der Waals surface area contributed by atoms with Crippen molar-refractivity contribution in [3.8, 4) is 11.1 Å². The fraction of sp³-hybridized carbons (Fsp3) is 0.208. The molecule has 1 aliphatic carbocycles. The van der Waals surface area contributed by atoms with E-state index in [1.54, 1.807) is 23.0 Å². The van der Waals surface area contributed by atoms with Gasteiger partial charge in [-0.25, -0.2) is 9.78 Å². The SMILES string of the molecule is O=C(NCC(O)C(O)c1cnc2cnccn12)OCC1c2ccccc2-c2ccccc21. The molecular weight excluding hydrogens is 408 g/mol. The molecule has 5 rings (SSSR count). The normalized spacial score (nSPS) is 14.6. The van der Waals surface area contributed by atoms with Crippen LogP contribution < -0.4 is 5.32 Å². The fourth-order valence-corrected chi connectivity index (χ4v) is 4.23. The summed E-state index contributed by atoms with van der Waals surface area (Å²) < 4.78 is 7.10. The average Bonchev–Trinajstić information content (AvgIpc) is 3.40. The van der Waals surface area contributed by atoms with Gasteiger partial charge < -0.3 is 20.3 Å². The number of hydrogen-bond acceptors (Lipinski definition) is 6. The lowest BCUT2D eigenvalue weighted by Crippen LogP contribution is -2.36. The summed E-state index contributed by atoms with van der Waals surface area (Å²) in [5.74, 6) is -0.0459. The Kier molecular flexibility index (Phi) is 5.30. The molecule has 2 unspecified atom stereocenters. The monoisotopic (exact) mass is 430 g/mol. The summed E-state index contributed by atoms with van der Waals surface area (Å²) in [6.07, 6.45) is 3.11. The van der Waals surface area contributed by atoms with Crippen LogP contribution in [0.3, 0.4) is 0 Å². The summed E-state index contributed by atoms with van der Waals surface area (Å²) in [7, 11) is 0. The van der Waals surface area contributed by atoms with Gasteiger partial charge in [-0.3, -0.25) is 9.38 Å². The van der Waals surface area contributed by atoms with E-state index in [0.717, 1.165) is 22.3 Å². The first kappa shape index (κ1) is 20.2. The molecular formula is C24H22N4O4. The van der Waals surface area contributed by atoms with Gasteiger partial charge in [0.25, 0.3) is 0 Å². The molecule has 2 aromatic carbocycles. The summed E-state index contributed by atoms with van der Waals surface area (Å²) in [6, 6.07) is 16.2. The van der Waals surface area contributed by atoms with Gasteiger partial charge in [0.1, 0.15) is 18.8 Å². The molecule has 4 aromatic rings. The number of aromatic nitrogens is 3. The van der Waals surface area contributed by atoms with Crippen LogP contribution in [0.5, 0.6) is 0 Å². The molecule has 8 heteroatoms. The van der Waals surface area contributed by atoms with E-state index in [-0.39, 0.29) is 19.1 Å². The average molecular weight is 430 g/mol. The van der Waals surface area contributed by atoms with Crippen molar-refractivity contribution in [1.82, 2.24) is 19.7 Å². The first-order valence-electron chi connectivity index (χ1n) is 10.4. The molecule has 32 heavy (non-hydrogen) atoms. The highest BCUT2D eigenvalue weighted by Gasteiger charge is 2.29. The number of carbonyl (C=O) groups is 1. The molecule has 0 saturated heterocycles. The topological polar surface area (TPSA) is 109 Å². The molecule has 0 spiro atoms. The van der Waals surface area contributed by atoms with Crippen LogP contribution in [0.2, 0.25) is 0 Å². The van der Waals surface area contributed by atoms with Crippen molar-refractivity contribution < 1.29 is 19.7 Å². The maximum absolute atomic E-state index is 12.3. The Morgan fingerprint density at radius 3 is 2.47 bits per heavy atom. The lowest BCUT2D eigenvalue weighted by Gasteiger charge is -2.19. The zero-order valence-corrected chi connectivity index (χ0v) is 17.1. The van der Waals surface area contributed by atoms with E-state index in [4.69, 9.17) is 4.74 Å². The lowest BCUT2D eigenvalue weighted by atomic mass is 9.98. The highest BCUT2D eigenvalue weighted by Crippen LogP contribution is 2.44. The molecule has 0 bridgehead atoms. The first-order valence-corrected chi connectivity index (χ1v) is 10.4. The lowest BCUT2D eigenvalue weighted by molar-refractivity contribution is 0.0156. The number of imidazole rings is 1. The van der Waals surface area contributed by atoms with Gasteiger partial charge in [0.05, 0.1) is 18.1 Å². The Labute approximate surface area is 184 Å². The number of hydrogen-bond donors (Lipinski definition) is 3. The van der Waals surface area contributed by atoms with E-state index < -0.39 is 18.3 Å². The molecule has 162 valence electrons. The van der Waals surface area contributed by atoms with Crippen LogP contribution in [0.25, 0.3) is 16.8 Å². The Balaban J connectivity index is 1.20. The van der Waals surface area contributed by atoms with Crippen LogP contribution in [-0.2, 0) is 4.74 Å². The van der Waals surface area contributed by atoms with Crippen molar-refractivity contribution in [3.05, 3.63) is 90.1 Å². The van der Waals surface area contributed by atoms with Crippen molar-refractivity contribution in [2.45, 2.75) is 18.1 Å². The van der Waals surface area contributed by atoms with E-state index in [9.17, 15) is 15.0 Å². The van der Waals surface area contributed by atoms with Gasteiger partial charge >= 0.3 is 6.09 Å². The van der Waals surface area contributed by atoms with Crippen LogP contribution in [0, 0.1) is 0 Å². The summed E-state index contributed by atoms with van der Waals surface area (Å²) in [5, 5.41) is 23.4. The van der Waals surface area contributed by atoms with Gasteiger partial charge in [-0.2, -0.15) is 0 Å². The zero-order valence-electron chi connectivity index (χ0n) is 17.1. The molecule has 2 atom stereocenters. The summed E-state index contributed by atoms with van der Waals surface area (Å²) >= 11 is 0. The number of amides is 1. The molecule has 2 aromatic heterocycles. The molecule has 0 radical (unpaired) electrons. The highest BCUT2D eigenvalue weighted by molar-refractivity contribution is 5.79. The van der Waals surface area contributed by atoms with Crippen LogP contribution in [0.1, 0.15) is 28.8 Å². The summed E-state index contributed by atoms with van der Waals surface area (Å²) in [6.45, 7) is 0.00886. The standard InChI is InChI=1S/C24H22N4O4/c29-21(23(30)20-11-26-22-13-25-9-10-28(20)22)12-27-24(31)32-14-19-17-7-3-1-5-15(17)16-6-2-4-8-18(16)19/h1-11,13,19,21,23,29-30H,12,14H2,(H,27,31). The quantitative estimate of drug-likeness (QED) is 0.434. The number of aliphatic hydroxyl groups excluding tert-OH is 2. The molecule has 0 fully saturated rings. The number of rotatable bonds is 6. The van der Waals surface area contributed by atoms with Gasteiger partial charge in [-0.15, -0.1) is 0 Å². The van der Waals surface area contributed by atoms with E-state index >= 15 is 0 Å². The van der Waals surface area contributed by atoms with Crippen molar-refractivity contribution >= 4 is 11.7 Å². The minimum Gasteiger partial charge on any atom is -0.449 e. The second-order valence-corrected chi connectivity index (χ2v) is 7.71. The van der Waals surface area contributed by atoms with Gasteiger partial charge in [-0.05, 0) is 22.3 Å². The largest absolute Gasteiger partial charge is 0.449 e. The van der Waals surface area contributed by atoms with Crippen molar-refractivity contribution in [2.24, 2.45) is 0 Å². The summed E-state index contributed by atoms with van der Waals surface area (Å²) in [5.41, 5.74) is 5.51. The minimum absolute atomic E-state index is 0.0459. The molecule has 3 N–H and O–H groups in total. The molecule has 0 aliphatic heterocycles. The predicted octanol–water partition coefficient (Wildman–Crippen LogP) is 2.66. The smallest absolute Gasteiger partial charge is 0.407 e. The third-order valence-corrected chi connectivity index (χ3v) is 5.81. The van der Waals surface area contributed by atoms with Crippen LogP contribution in [0.15, 0.2) is 73.3 Å². The maximum atomic E-state index is 12.3. The Morgan fingerprint density at radius 2 is 1.75 bits per heavy atom. The van der Waals surface area contributed by atoms with E-state index in [1.165, 1.54) is 6.20 Å². The Morgan fingerprint density at radius 1 is 1.06 bits per heavy atom. The molecule has 2 heterocycles. The van der Waals surface area contributed by atoms with Gasteiger partial charge in [0.15, 0.2) is 5.65 Å². The maximum Gasteiger partial charge on any atom is 0.407 e. The van der Waals surface area contributed by atoms with Crippen LogP contribution >= 0.6 is 0 Å². The third kappa shape index (κ3) is 3.59. The minimum atomic E-state index is -1.23. The molecule has 8 nitrogen and oxygen atoms in total. The molecule has 0 saturated carbocycles. The second-order valence-electron chi connectivity index (χ2n) is 7.71. The first-order chi connectivity index (χ1) is 15.6. The van der Waals surface area contributed by atoms with Crippen LogP contribution in [-0.4, -0.2) is 49.9 Å². The number of carbonyl (C=O) groups excluding carboxylic acids is 1. The Hall–Kier alpha value is -3.75. The summed E-state index contributed by atoms with van der Waals surface area (Å²) in [4.78, 5) is 20.4. The number of fused-ring (bicyclic) bond motifs is 4. The Bertz CT molecular complexity index is 1230. The highest BCUT2D eigenvalue weighted by atomic mass is 16.5. The molecule has 1 aliphatic rings. The van der Waals surface area contributed by atoms with Crippen molar-refractivity contribution in [2.75, 3.05) is 13.2 Å². The van der Waals surface area contributed by atoms with Gasteiger partial charge in [0, 0.05) is 24.9 Å². The van der Waals surface area contributed by atoms with Gasteiger partial charge in [0.2, 0.25) is 0 Å². The number of benzene rings is 2. The van der Waals surface area contributed by atoms with E-state index in [2.05, 4.69) is 27.4 Å².